The second-order valence-corrected chi connectivity index (χ2v) is 9.96. The van der Waals surface area contributed by atoms with Gasteiger partial charge in [0.2, 0.25) is 5.91 Å². The summed E-state index contributed by atoms with van der Waals surface area (Å²) in [4.78, 5) is 37.5. The maximum Gasteiger partial charge on any atom is 0.337 e. The van der Waals surface area contributed by atoms with Gasteiger partial charge in [0.1, 0.15) is 0 Å². The molecule has 3 aliphatic rings. The average Bonchev–Trinajstić information content (AvgIpc) is 3.10. The van der Waals surface area contributed by atoms with Crippen molar-refractivity contribution in [3.8, 4) is 0 Å². The number of hydrogen-bond donors (Lipinski definition) is 1. The predicted molar refractivity (Wildman–Crippen MR) is 139 cm³/mol. The fourth-order valence-electron chi connectivity index (χ4n) is 5.98. The summed E-state index contributed by atoms with van der Waals surface area (Å²) in [7, 11) is 2.96. The molecule has 0 unspecified atom stereocenters. The van der Waals surface area contributed by atoms with Crippen LogP contribution in [0.1, 0.15) is 79.4 Å². The van der Waals surface area contributed by atoms with Gasteiger partial charge in [-0.1, -0.05) is 37.5 Å². The second kappa shape index (κ2) is 9.80. The van der Waals surface area contributed by atoms with Crippen LogP contribution in [0.25, 0.3) is 16.5 Å². The Labute approximate surface area is 211 Å². The van der Waals surface area contributed by atoms with Crippen LogP contribution in [-0.2, 0) is 20.9 Å². The third-order valence-corrected chi connectivity index (χ3v) is 7.55. The van der Waals surface area contributed by atoms with Crippen molar-refractivity contribution in [3.05, 3.63) is 64.4 Å². The van der Waals surface area contributed by atoms with Gasteiger partial charge in [0.25, 0.3) is 5.91 Å². The van der Waals surface area contributed by atoms with Crippen molar-refractivity contribution in [2.75, 3.05) is 14.2 Å². The number of ether oxygens (including phenoxy) is 1. The Morgan fingerprint density at radius 3 is 2.56 bits per heavy atom. The fraction of sp³-hybridized carbons (Fsp3) is 0.414. The molecular formula is C29H33N3O4. The largest absolute Gasteiger partial charge is 0.465 e. The zero-order chi connectivity index (χ0) is 25.4. The molecule has 1 aliphatic heterocycles. The second-order valence-electron chi connectivity index (χ2n) is 9.96. The molecule has 0 saturated heterocycles. The van der Waals surface area contributed by atoms with Crippen molar-refractivity contribution in [1.29, 1.82) is 0 Å². The molecule has 1 aromatic carbocycles. The summed E-state index contributed by atoms with van der Waals surface area (Å²) >= 11 is 0. The predicted octanol–water partition coefficient (Wildman–Crippen LogP) is 5.03. The Bertz CT molecular complexity index is 1340. The third kappa shape index (κ3) is 4.27. The minimum atomic E-state index is -0.380. The van der Waals surface area contributed by atoms with E-state index in [1.165, 1.54) is 43.9 Å². The molecule has 36 heavy (non-hydrogen) atoms. The lowest BCUT2D eigenvalue weighted by atomic mass is 9.80. The van der Waals surface area contributed by atoms with E-state index in [-0.39, 0.29) is 17.8 Å². The maximum atomic E-state index is 13.4. The molecule has 1 saturated carbocycles. The van der Waals surface area contributed by atoms with Gasteiger partial charge in [0, 0.05) is 36.0 Å². The fourth-order valence-corrected chi connectivity index (χ4v) is 5.98. The first-order valence-electron chi connectivity index (χ1n) is 12.8. The summed E-state index contributed by atoms with van der Waals surface area (Å²) in [5.41, 5.74) is 9.28. The highest BCUT2D eigenvalue weighted by atomic mass is 16.5. The highest BCUT2D eigenvalue weighted by Crippen LogP contribution is 2.46. The lowest BCUT2D eigenvalue weighted by molar-refractivity contribution is -0.136. The lowest BCUT2D eigenvalue weighted by Gasteiger charge is -2.25. The Morgan fingerprint density at radius 2 is 1.83 bits per heavy atom. The van der Waals surface area contributed by atoms with Crippen LogP contribution < -0.4 is 5.43 Å². The molecule has 5 rings (SSSR count). The van der Waals surface area contributed by atoms with E-state index >= 15 is 0 Å². The number of nitrogens with one attached hydrogen (secondary N) is 1. The van der Waals surface area contributed by atoms with Crippen LogP contribution in [0.3, 0.4) is 0 Å². The average molecular weight is 488 g/mol. The molecule has 2 heterocycles. The molecule has 188 valence electrons. The van der Waals surface area contributed by atoms with Crippen molar-refractivity contribution in [2.45, 2.75) is 64.3 Å². The molecular weight excluding hydrogens is 454 g/mol. The lowest BCUT2D eigenvalue weighted by Crippen LogP contribution is -2.43. The van der Waals surface area contributed by atoms with Crippen molar-refractivity contribution < 1.29 is 19.1 Å². The van der Waals surface area contributed by atoms with E-state index in [0.29, 0.717) is 23.6 Å². The topological polar surface area (TPSA) is 80.6 Å². The Kier molecular flexibility index (Phi) is 6.56. The molecule has 0 spiro atoms. The van der Waals surface area contributed by atoms with Gasteiger partial charge in [-0.2, -0.15) is 0 Å². The van der Waals surface area contributed by atoms with E-state index in [9.17, 15) is 14.4 Å². The molecule has 7 nitrogen and oxygen atoms in total. The number of aromatic nitrogens is 1. The Morgan fingerprint density at radius 1 is 1.08 bits per heavy atom. The van der Waals surface area contributed by atoms with Gasteiger partial charge in [-0.15, -0.1) is 0 Å². The zero-order valence-corrected chi connectivity index (χ0v) is 21.2. The van der Waals surface area contributed by atoms with Crippen LogP contribution in [0, 0.1) is 0 Å². The number of rotatable bonds is 3. The summed E-state index contributed by atoms with van der Waals surface area (Å²) in [5, 5.41) is 2.39. The van der Waals surface area contributed by atoms with Gasteiger partial charge in [-0.05, 0) is 60.9 Å². The number of hydrazine groups is 1. The molecule has 1 aromatic heterocycles. The first-order chi connectivity index (χ1) is 17.4. The van der Waals surface area contributed by atoms with Gasteiger partial charge < -0.3 is 9.30 Å². The van der Waals surface area contributed by atoms with Crippen LogP contribution in [0.15, 0.2) is 47.6 Å². The van der Waals surface area contributed by atoms with Crippen LogP contribution in [0.2, 0.25) is 0 Å². The van der Waals surface area contributed by atoms with Crippen LogP contribution in [0.5, 0.6) is 0 Å². The smallest absolute Gasteiger partial charge is 0.337 e. The van der Waals surface area contributed by atoms with Crippen molar-refractivity contribution in [2.24, 2.45) is 0 Å². The normalized spacial score (nSPS) is 17.7. The Hall–Kier alpha value is -3.61. The number of esters is 1. The van der Waals surface area contributed by atoms with Crippen LogP contribution in [0.4, 0.5) is 0 Å². The molecule has 2 aliphatic carbocycles. The number of likely N-dealkylation sites (N-methyl/N-ethyl adjacent to an activating group) is 1. The Balaban J connectivity index is 1.74. The number of methoxy groups -OCH3 is 1. The molecule has 2 aromatic rings. The molecule has 7 heteroatoms. The molecule has 0 bridgehead atoms. The summed E-state index contributed by atoms with van der Waals surface area (Å²) in [6.45, 7) is 1.73. The summed E-state index contributed by atoms with van der Waals surface area (Å²) < 4.78 is 7.21. The van der Waals surface area contributed by atoms with Gasteiger partial charge in [0.05, 0.1) is 24.9 Å². The van der Waals surface area contributed by atoms with E-state index in [4.69, 9.17) is 4.74 Å². The molecule has 1 N–H and O–H groups in total. The maximum absolute atomic E-state index is 13.4. The van der Waals surface area contributed by atoms with Gasteiger partial charge in [-0.25, -0.2) is 4.79 Å². The van der Waals surface area contributed by atoms with Crippen LogP contribution in [-0.4, -0.2) is 41.5 Å². The number of allylic oxidation sites excluding steroid dienone is 5. The number of fused-ring (bicyclic) bond motifs is 5. The highest BCUT2D eigenvalue weighted by Gasteiger charge is 2.32. The molecule has 2 amide bonds. The number of benzene rings is 1. The van der Waals surface area contributed by atoms with Crippen molar-refractivity contribution in [3.63, 3.8) is 0 Å². The molecule has 1 fully saturated rings. The quantitative estimate of drug-likeness (QED) is 0.487. The van der Waals surface area contributed by atoms with E-state index in [1.54, 1.807) is 7.05 Å². The summed E-state index contributed by atoms with van der Waals surface area (Å²) in [6.07, 6.45) is 14.3. The van der Waals surface area contributed by atoms with E-state index < -0.39 is 0 Å². The van der Waals surface area contributed by atoms with Gasteiger partial charge in [-0.3, -0.25) is 20.0 Å². The number of carbonyl (C=O) groups is 3. The van der Waals surface area contributed by atoms with Crippen molar-refractivity contribution >= 4 is 34.3 Å². The molecule has 0 atom stereocenters. The van der Waals surface area contributed by atoms with E-state index in [1.807, 2.05) is 18.2 Å². The minimum absolute atomic E-state index is 0.255. The molecule has 0 radical (unpaired) electrons. The number of hydrogen-bond acceptors (Lipinski definition) is 4. The summed E-state index contributed by atoms with van der Waals surface area (Å²) in [6, 6.07) is 5.79. The van der Waals surface area contributed by atoms with Gasteiger partial charge >= 0.3 is 5.97 Å². The zero-order valence-electron chi connectivity index (χ0n) is 21.2. The number of carbonyl (C=O) groups excluding carboxylic acids is 3. The van der Waals surface area contributed by atoms with Crippen LogP contribution >= 0.6 is 0 Å². The first-order valence-corrected chi connectivity index (χ1v) is 12.8. The summed E-state index contributed by atoms with van der Waals surface area (Å²) in [5.74, 6) is -0.499. The van der Waals surface area contributed by atoms with Crippen molar-refractivity contribution in [1.82, 2.24) is 15.0 Å². The van der Waals surface area contributed by atoms with E-state index in [0.717, 1.165) is 53.4 Å². The minimum Gasteiger partial charge on any atom is -0.465 e. The third-order valence-electron chi connectivity index (χ3n) is 7.55. The standard InChI is InChI=1S/C29H33N3O4/c1-18(33)30-31(2)28(34)22-15-20-11-7-8-12-23(20)27-26(19-9-5-4-6-10-19)24-14-13-21(29(35)36-3)16-25(24)32(27)17-22/h11-16,19H,4-10,17H2,1-3H3,(H,30,33). The number of nitrogens with zero attached hydrogens (tertiary/aromatic N) is 2. The first kappa shape index (κ1) is 24.1. The van der Waals surface area contributed by atoms with E-state index in [2.05, 4.69) is 28.2 Å². The highest BCUT2D eigenvalue weighted by molar-refractivity contribution is 6.02. The monoisotopic (exact) mass is 487 g/mol. The van der Waals surface area contributed by atoms with Gasteiger partial charge in [0.15, 0.2) is 0 Å². The SMILES string of the molecule is COC(=O)c1ccc2c(C3CCCCC3)c3n(c2c1)CC(C(=O)N(C)NC(C)=O)=CC1=CCCC=C13. The number of amides is 2.